The predicted octanol–water partition coefficient (Wildman–Crippen LogP) is 0.269. The maximum atomic E-state index is 5.39. The molecule has 2 heterocycles. The standard InChI is InChI=1S/C8H11N5O/c1-5-6(4-10-11-5)8-13-12-7(14-8)2-3-9/h4H,2-3,9H2,1H3,(H,10,11). The van der Waals surface area contributed by atoms with E-state index in [1.165, 1.54) is 0 Å². The molecule has 3 N–H and O–H groups in total. The van der Waals surface area contributed by atoms with Gasteiger partial charge < -0.3 is 10.2 Å². The van der Waals surface area contributed by atoms with Crippen molar-refractivity contribution in [3.05, 3.63) is 17.8 Å². The summed E-state index contributed by atoms with van der Waals surface area (Å²) in [5.74, 6) is 1.04. The van der Waals surface area contributed by atoms with Gasteiger partial charge >= 0.3 is 0 Å². The molecule has 6 heteroatoms. The van der Waals surface area contributed by atoms with Crippen LogP contribution in [0.4, 0.5) is 0 Å². The Morgan fingerprint density at radius 1 is 1.50 bits per heavy atom. The molecule has 2 aromatic heterocycles. The third kappa shape index (κ3) is 1.51. The van der Waals surface area contributed by atoms with E-state index in [2.05, 4.69) is 20.4 Å². The number of hydrogen-bond donors (Lipinski definition) is 2. The number of nitrogens with one attached hydrogen (secondary N) is 1. The zero-order valence-corrected chi connectivity index (χ0v) is 7.82. The van der Waals surface area contributed by atoms with E-state index in [4.69, 9.17) is 10.2 Å². The first-order chi connectivity index (χ1) is 6.81. The van der Waals surface area contributed by atoms with E-state index in [1.807, 2.05) is 6.92 Å². The van der Waals surface area contributed by atoms with Gasteiger partial charge in [0.25, 0.3) is 5.89 Å². The lowest BCUT2D eigenvalue weighted by Crippen LogP contribution is -2.02. The molecule has 0 saturated heterocycles. The van der Waals surface area contributed by atoms with Crippen molar-refractivity contribution in [3.8, 4) is 11.5 Å². The summed E-state index contributed by atoms with van der Waals surface area (Å²) in [6, 6.07) is 0. The topological polar surface area (TPSA) is 93.6 Å². The van der Waals surface area contributed by atoms with E-state index in [9.17, 15) is 0 Å². The number of aryl methyl sites for hydroxylation is 1. The number of nitrogens with zero attached hydrogens (tertiary/aromatic N) is 3. The van der Waals surface area contributed by atoms with Crippen molar-refractivity contribution in [1.29, 1.82) is 0 Å². The second kappa shape index (κ2) is 3.59. The maximum Gasteiger partial charge on any atom is 0.251 e. The van der Waals surface area contributed by atoms with Gasteiger partial charge in [-0.25, -0.2) is 0 Å². The zero-order chi connectivity index (χ0) is 9.97. The minimum absolute atomic E-state index is 0.486. The lowest BCUT2D eigenvalue weighted by Gasteiger charge is -1.89. The number of nitrogens with two attached hydrogens (primary N) is 1. The SMILES string of the molecule is Cc1[nH]ncc1-c1nnc(CCN)o1. The monoisotopic (exact) mass is 193 g/mol. The van der Waals surface area contributed by atoms with Crippen LogP contribution in [0.1, 0.15) is 11.6 Å². The summed E-state index contributed by atoms with van der Waals surface area (Å²) in [4.78, 5) is 0. The van der Waals surface area contributed by atoms with Crippen molar-refractivity contribution in [2.75, 3.05) is 6.54 Å². The van der Waals surface area contributed by atoms with Gasteiger partial charge in [-0.15, -0.1) is 10.2 Å². The van der Waals surface area contributed by atoms with Crippen LogP contribution in [0.2, 0.25) is 0 Å². The zero-order valence-electron chi connectivity index (χ0n) is 7.82. The van der Waals surface area contributed by atoms with Crippen LogP contribution in [0.3, 0.4) is 0 Å². The minimum atomic E-state index is 0.486. The molecule has 2 aromatic rings. The van der Waals surface area contributed by atoms with E-state index in [0.29, 0.717) is 24.7 Å². The second-order valence-corrected chi connectivity index (χ2v) is 2.95. The lowest BCUT2D eigenvalue weighted by atomic mass is 10.3. The molecule has 0 fully saturated rings. The smallest absolute Gasteiger partial charge is 0.251 e. The molecule has 0 aliphatic heterocycles. The van der Waals surface area contributed by atoms with Crippen molar-refractivity contribution in [1.82, 2.24) is 20.4 Å². The van der Waals surface area contributed by atoms with Crippen molar-refractivity contribution >= 4 is 0 Å². The summed E-state index contributed by atoms with van der Waals surface area (Å²) >= 11 is 0. The summed E-state index contributed by atoms with van der Waals surface area (Å²) < 4.78 is 5.39. The summed E-state index contributed by atoms with van der Waals surface area (Å²) in [5.41, 5.74) is 7.12. The number of aromatic nitrogens is 4. The number of hydrogen-bond acceptors (Lipinski definition) is 5. The summed E-state index contributed by atoms with van der Waals surface area (Å²) in [5, 5.41) is 14.5. The van der Waals surface area contributed by atoms with Gasteiger partial charge in [-0.3, -0.25) is 5.10 Å². The Bertz CT molecular complexity index is 419. The van der Waals surface area contributed by atoms with Gasteiger partial charge in [-0.1, -0.05) is 0 Å². The fraction of sp³-hybridized carbons (Fsp3) is 0.375. The normalized spacial score (nSPS) is 10.7. The first-order valence-electron chi connectivity index (χ1n) is 4.34. The highest BCUT2D eigenvalue weighted by atomic mass is 16.4. The summed E-state index contributed by atoms with van der Waals surface area (Å²) in [7, 11) is 0. The van der Waals surface area contributed by atoms with Gasteiger partial charge in [0.05, 0.1) is 11.8 Å². The Labute approximate surface area is 80.5 Å². The first kappa shape index (κ1) is 8.89. The van der Waals surface area contributed by atoms with Crippen molar-refractivity contribution in [3.63, 3.8) is 0 Å². The van der Waals surface area contributed by atoms with E-state index in [0.717, 1.165) is 11.3 Å². The van der Waals surface area contributed by atoms with Crippen molar-refractivity contribution in [2.45, 2.75) is 13.3 Å². The molecular weight excluding hydrogens is 182 g/mol. The van der Waals surface area contributed by atoms with Crippen LogP contribution in [0.15, 0.2) is 10.6 Å². The molecule has 0 aliphatic rings. The molecule has 14 heavy (non-hydrogen) atoms. The quantitative estimate of drug-likeness (QED) is 0.729. The second-order valence-electron chi connectivity index (χ2n) is 2.95. The highest BCUT2D eigenvalue weighted by molar-refractivity contribution is 5.53. The van der Waals surface area contributed by atoms with Crippen LogP contribution < -0.4 is 5.73 Å². The largest absolute Gasteiger partial charge is 0.421 e. The van der Waals surface area contributed by atoms with Crippen molar-refractivity contribution < 1.29 is 4.42 Å². The molecule has 0 atom stereocenters. The molecule has 0 bridgehead atoms. The van der Waals surface area contributed by atoms with Gasteiger partial charge in [-0.05, 0) is 6.92 Å². The number of rotatable bonds is 3. The average molecular weight is 193 g/mol. The molecule has 0 spiro atoms. The van der Waals surface area contributed by atoms with Crippen LogP contribution in [0.25, 0.3) is 11.5 Å². The maximum absolute atomic E-state index is 5.39. The van der Waals surface area contributed by atoms with Crippen LogP contribution in [0, 0.1) is 6.92 Å². The van der Waals surface area contributed by atoms with Crippen LogP contribution in [0.5, 0.6) is 0 Å². The molecule has 0 saturated carbocycles. The predicted molar refractivity (Wildman–Crippen MR) is 49.4 cm³/mol. The fourth-order valence-corrected chi connectivity index (χ4v) is 1.15. The molecular formula is C8H11N5O. The van der Waals surface area contributed by atoms with E-state index in [-0.39, 0.29) is 0 Å². The summed E-state index contributed by atoms with van der Waals surface area (Å²) in [6.45, 7) is 2.40. The highest BCUT2D eigenvalue weighted by Gasteiger charge is 2.11. The molecule has 0 radical (unpaired) electrons. The molecule has 0 unspecified atom stereocenters. The lowest BCUT2D eigenvalue weighted by molar-refractivity contribution is 0.507. The Hall–Kier alpha value is -1.69. The van der Waals surface area contributed by atoms with Gasteiger partial charge in [0.15, 0.2) is 0 Å². The average Bonchev–Trinajstić information content (AvgIpc) is 2.74. The van der Waals surface area contributed by atoms with Gasteiger partial charge in [0.2, 0.25) is 5.89 Å². The molecule has 74 valence electrons. The van der Waals surface area contributed by atoms with Crippen LogP contribution in [-0.2, 0) is 6.42 Å². The number of H-pyrrole nitrogens is 1. The molecule has 2 rings (SSSR count). The third-order valence-corrected chi connectivity index (χ3v) is 1.89. The van der Waals surface area contributed by atoms with E-state index >= 15 is 0 Å². The molecule has 0 aromatic carbocycles. The van der Waals surface area contributed by atoms with Crippen LogP contribution >= 0.6 is 0 Å². The first-order valence-corrected chi connectivity index (χ1v) is 4.34. The Morgan fingerprint density at radius 2 is 2.36 bits per heavy atom. The van der Waals surface area contributed by atoms with Gasteiger partial charge in [0.1, 0.15) is 0 Å². The van der Waals surface area contributed by atoms with Crippen LogP contribution in [-0.4, -0.2) is 26.9 Å². The molecule has 6 nitrogen and oxygen atoms in total. The summed E-state index contributed by atoms with van der Waals surface area (Å²) in [6.07, 6.45) is 2.26. The molecule has 0 amide bonds. The van der Waals surface area contributed by atoms with Gasteiger partial charge in [-0.2, -0.15) is 5.10 Å². The fourth-order valence-electron chi connectivity index (χ4n) is 1.15. The Kier molecular flexibility index (Phi) is 2.28. The highest BCUT2D eigenvalue weighted by Crippen LogP contribution is 2.19. The Morgan fingerprint density at radius 3 is 3.00 bits per heavy atom. The molecule has 0 aliphatic carbocycles. The van der Waals surface area contributed by atoms with Crippen molar-refractivity contribution in [2.24, 2.45) is 5.73 Å². The van der Waals surface area contributed by atoms with E-state index in [1.54, 1.807) is 6.20 Å². The third-order valence-electron chi connectivity index (χ3n) is 1.89. The van der Waals surface area contributed by atoms with E-state index < -0.39 is 0 Å². The minimum Gasteiger partial charge on any atom is -0.421 e. The van der Waals surface area contributed by atoms with Gasteiger partial charge in [0, 0.05) is 18.7 Å². The number of aromatic amines is 1. The Balaban J connectivity index is 2.29.